The summed E-state index contributed by atoms with van der Waals surface area (Å²) in [5, 5.41) is 40.2. The molecule has 0 amide bonds. The van der Waals surface area contributed by atoms with Crippen molar-refractivity contribution in [2.24, 2.45) is 0 Å². The van der Waals surface area contributed by atoms with Crippen LogP contribution in [-0.4, -0.2) is 65.9 Å². The van der Waals surface area contributed by atoms with Crippen molar-refractivity contribution in [3.05, 3.63) is 125 Å². The molecule has 4 aromatic rings. The van der Waals surface area contributed by atoms with Crippen molar-refractivity contribution < 1.29 is 53.7 Å². The van der Waals surface area contributed by atoms with Gasteiger partial charge in [0, 0.05) is 12.2 Å². The Balaban J connectivity index is 1.43. The topological polar surface area (TPSA) is 161 Å². The number of aliphatic hydroxyl groups is 1. The highest BCUT2D eigenvalue weighted by molar-refractivity contribution is 5.87. The minimum absolute atomic E-state index is 0.0102. The van der Waals surface area contributed by atoms with E-state index < -0.39 is 24.1 Å². The molecule has 0 aromatic heterocycles. The second kappa shape index (κ2) is 17.6. The van der Waals surface area contributed by atoms with Crippen LogP contribution in [0.4, 0.5) is 0 Å². The van der Waals surface area contributed by atoms with E-state index in [2.05, 4.69) is 0 Å². The fraction of sp³-hybridized carbons (Fsp3) is 0.158. The number of phenols is 3. The van der Waals surface area contributed by atoms with Crippen molar-refractivity contribution in [1.29, 1.82) is 0 Å². The van der Waals surface area contributed by atoms with Gasteiger partial charge in [0.2, 0.25) is 0 Å². The van der Waals surface area contributed by atoms with E-state index >= 15 is 0 Å². The first-order valence-corrected chi connectivity index (χ1v) is 15.0. The minimum atomic E-state index is -1.33. The van der Waals surface area contributed by atoms with Gasteiger partial charge in [-0.25, -0.2) is 9.59 Å². The van der Waals surface area contributed by atoms with E-state index in [1.165, 1.54) is 74.9 Å². The lowest BCUT2D eigenvalue weighted by molar-refractivity contribution is -0.142. The third kappa shape index (κ3) is 10.9. The predicted molar refractivity (Wildman–Crippen MR) is 182 cm³/mol. The molecule has 49 heavy (non-hydrogen) atoms. The number of hydrogen-bond acceptors (Lipinski definition) is 11. The summed E-state index contributed by atoms with van der Waals surface area (Å²) in [6.07, 6.45) is 6.52. The Morgan fingerprint density at radius 3 is 1.82 bits per heavy atom. The van der Waals surface area contributed by atoms with E-state index in [-0.39, 0.29) is 42.0 Å². The van der Waals surface area contributed by atoms with Crippen molar-refractivity contribution >= 4 is 30.2 Å². The van der Waals surface area contributed by atoms with Gasteiger partial charge in [0.25, 0.3) is 0 Å². The van der Waals surface area contributed by atoms with Crippen LogP contribution in [0.5, 0.6) is 34.5 Å². The molecule has 0 fully saturated rings. The molecule has 4 aromatic carbocycles. The largest absolute Gasteiger partial charge is 0.508 e. The quantitative estimate of drug-likeness (QED) is 0.0891. The van der Waals surface area contributed by atoms with Gasteiger partial charge >= 0.3 is 11.9 Å². The van der Waals surface area contributed by atoms with Gasteiger partial charge in [0.15, 0.2) is 29.1 Å². The number of aliphatic hydroxyl groups excluding tert-OH is 1. The van der Waals surface area contributed by atoms with Crippen molar-refractivity contribution in [3.63, 3.8) is 0 Å². The fourth-order valence-corrected chi connectivity index (χ4v) is 4.41. The molecule has 4 N–H and O–H groups in total. The Bertz CT molecular complexity index is 1790. The van der Waals surface area contributed by atoms with E-state index in [1.54, 1.807) is 60.7 Å². The van der Waals surface area contributed by atoms with Gasteiger partial charge < -0.3 is 44.1 Å². The number of hydrogen-bond donors (Lipinski definition) is 4. The molecule has 0 radical (unpaired) electrons. The van der Waals surface area contributed by atoms with Crippen LogP contribution in [-0.2, 0) is 19.1 Å². The summed E-state index contributed by atoms with van der Waals surface area (Å²) in [4.78, 5) is 24.6. The van der Waals surface area contributed by atoms with Gasteiger partial charge in [-0.1, -0.05) is 42.5 Å². The molecule has 254 valence electrons. The maximum atomic E-state index is 12.6. The normalized spacial score (nSPS) is 12.6. The smallest absolute Gasteiger partial charge is 0.331 e. The van der Waals surface area contributed by atoms with Gasteiger partial charge in [-0.2, -0.15) is 0 Å². The molecule has 0 aliphatic rings. The Morgan fingerprint density at radius 1 is 0.653 bits per heavy atom. The molecule has 0 aliphatic carbocycles. The number of aromatic hydroxyl groups is 3. The lowest BCUT2D eigenvalue weighted by Gasteiger charge is -2.25. The van der Waals surface area contributed by atoms with E-state index in [4.69, 9.17) is 23.7 Å². The Hall–Kier alpha value is -6.20. The Kier molecular flexibility index (Phi) is 12.8. The minimum Gasteiger partial charge on any atom is -0.508 e. The van der Waals surface area contributed by atoms with Gasteiger partial charge in [0.05, 0.1) is 14.2 Å². The van der Waals surface area contributed by atoms with Crippen LogP contribution < -0.4 is 14.2 Å². The monoisotopic (exact) mass is 668 g/mol. The van der Waals surface area contributed by atoms with Crippen molar-refractivity contribution in [2.75, 3.05) is 27.4 Å². The first-order chi connectivity index (χ1) is 23.6. The molecule has 2 atom stereocenters. The highest BCUT2D eigenvalue weighted by atomic mass is 16.6. The number of rotatable bonds is 15. The first kappa shape index (κ1) is 35.7. The average molecular weight is 669 g/mol. The second-order valence-corrected chi connectivity index (χ2v) is 10.5. The maximum absolute atomic E-state index is 12.6. The Labute approximate surface area is 283 Å². The van der Waals surface area contributed by atoms with E-state index in [1.807, 2.05) is 0 Å². The summed E-state index contributed by atoms with van der Waals surface area (Å²) >= 11 is 0. The Morgan fingerprint density at radius 2 is 1.22 bits per heavy atom. The molecule has 0 saturated carbocycles. The van der Waals surface area contributed by atoms with Crippen molar-refractivity contribution in [2.45, 2.75) is 12.2 Å². The number of benzene rings is 4. The van der Waals surface area contributed by atoms with Crippen LogP contribution in [0.3, 0.4) is 0 Å². The van der Waals surface area contributed by atoms with Crippen molar-refractivity contribution in [1.82, 2.24) is 0 Å². The molecule has 0 bridgehead atoms. The summed E-state index contributed by atoms with van der Waals surface area (Å²) in [6, 6.07) is 21.9. The lowest BCUT2D eigenvalue weighted by Crippen LogP contribution is -2.31. The SMILES string of the molecule is COc1cc([C@H](O)[C@H](COC(=O)/C=C\c2ccc(O)cc2)Oc2ccc(/C=C/COC(=O)/C=C/c3ccc(O)cc3)cc2OC)ccc1O. The highest BCUT2D eigenvalue weighted by Gasteiger charge is 2.27. The van der Waals surface area contributed by atoms with Gasteiger partial charge in [-0.05, 0) is 89.0 Å². The van der Waals surface area contributed by atoms with Gasteiger partial charge in [0.1, 0.15) is 30.8 Å². The first-order valence-electron chi connectivity index (χ1n) is 15.0. The standard InChI is InChI=1S/C38H36O11/c1-45-33-23-28(12-17-31(33)41)38(44)35(24-48-37(43)20-11-26-7-15-30(40)16-8-26)49-32-18-9-27(22-34(32)46-2)4-3-21-47-36(42)19-10-25-5-13-29(39)14-6-25/h3-20,22-23,35,38-41,44H,21,24H2,1-2H3/b4-3+,19-10+,20-11-/t35-,38-/m0/s1. The van der Waals surface area contributed by atoms with Crippen LogP contribution in [0.25, 0.3) is 18.2 Å². The molecule has 0 heterocycles. The van der Waals surface area contributed by atoms with E-state index in [9.17, 15) is 30.0 Å². The van der Waals surface area contributed by atoms with Gasteiger partial charge in [-0.3, -0.25) is 0 Å². The lowest BCUT2D eigenvalue weighted by atomic mass is 10.0. The fourth-order valence-electron chi connectivity index (χ4n) is 4.41. The number of ether oxygens (including phenoxy) is 5. The average Bonchev–Trinajstić information content (AvgIpc) is 3.11. The summed E-state index contributed by atoms with van der Waals surface area (Å²) in [6.45, 7) is -0.350. The zero-order valence-corrected chi connectivity index (χ0v) is 26.8. The summed E-state index contributed by atoms with van der Waals surface area (Å²) in [7, 11) is 2.82. The zero-order chi connectivity index (χ0) is 35.2. The third-order valence-electron chi connectivity index (χ3n) is 7.00. The van der Waals surface area contributed by atoms with Gasteiger partial charge in [-0.15, -0.1) is 0 Å². The second-order valence-electron chi connectivity index (χ2n) is 10.5. The van der Waals surface area contributed by atoms with Crippen LogP contribution in [0, 0.1) is 0 Å². The molecule has 0 unspecified atom stereocenters. The molecular formula is C38H36O11. The third-order valence-corrected chi connectivity index (χ3v) is 7.00. The number of carbonyl (C=O) groups is 2. The molecule has 0 saturated heterocycles. The molecule has 11 heteroatoms. The van der Waals surface area contributed by atoms with Crippen LogP contribution in [0.1, 0.15) is 28.4 Å². The number of phenolic OH excluding ortho intramolecular Hbond substituents is 3. The van der Waals surface area contributed by atoms with E-state index in [0.29, 0.717) is 22.4 Å². The molecule has 11 nitrogen and oxygen atoms in total. The molecule has 0 spiro atoms. The van der Waals surface area contributed by atoms with Crippen molar-refractivity contribution in [3.8, 4) is 34.5 Å². The summed E-state index contributed by atoms with van der Waals surface area (Å²) in [5.74, 6) is -0.426. The van der Waals surface area contributed by atoms with Crippen LogP contribution >= 0.6 is 0 Å². The number of methoxy groups -OCH3 is 2. The molecular weight excluding hydrogens is 632 g/mol. The highest BCUT2D eigenvalue weighted by Crippen LogP contribution is 2.34. The van der Waals surface area contributed by atoms with E-state index in [0.717, 1.165) is 5.56 Å². The number of esters is 2. The van der Waals surface area contributed by atoms with Crippen LogP contribution in [0.2, 0.25) is 0 Å². The number of carbonyl (C=O) groups excluding carboxylic acids is 2. The molecule has 0 aliphatic heterocycles. The molecule has 4 rings (SSSR count). The zero-order valence-electron chi connectivity index (χ0n) is 26.8. The van der Waals surface area contributed by atoms with Crippen LogP contribution in [0.15, 0.2) is 103 Å². The maximum Gasteiger partial charge on any atom is 0.331 e. The summed E-state index contributed by atoms with van der Waals surface area (Å²) in [5.41, 5.74) is 2.43. The predicted octanol–water partition coefficient (Wildman–Crippen LogP) is 5.83. The summed E-state index contributed by atoms with van der Waals surface area (Å²) < 4.78 is 27.5.